The van der Waals surface area contributed by atoms with Crippen molar-refractivity contribution in [2.45, 2.75) is 63.1 Å². The minimum Gasteiger partial charge on any atom is -0.457 e. The monoisotopic (exact) mass is 579 g/mol. The fourth-order valence-corrected chi connectivity index (χ4v) is 6.83. The minimum absolute atomic E-state index is 0.0132. The van der Waals surface area contributed by atoms with Crippen LogP contribution in [0.5, 0.6) is 11.5 Å². The molecule has 3 atom stereocenters. The molecule has 43 heavy (non-hydrogen) atoms. The molecule has 8 heteroatoms. The van der Waals surface area contributed by atoms with Crippen molar-refractivity contribution in [2.75, 3.05) is 13.1 Å². The Balaban J connectivity index is 1.19. The highest BCUT2D eigenvalue weighted by Crippen LogP contribution is 2.33. The number of carbonyl (C=O) groups excluding carboxylic acids is 4. The van der Waals surface area contributed by atoms with E-state index in [0.717, 1.165) is 25.7 Å². The van der Waals surface area contributed by atoms with Gasteiger partial charge in [-0.15, -0.1) is 0 Å². The van der Waals surface area contributed by atoms with Crippen LogP contribution in [0.3, 0.4) is 0 Å². The van der Waals surface area contributed by atoms with E-state index in [1.54, 1.807) is 58.3 Å². The summed E-state index contributed by atoms with van der Waals surface area (Å²) in [6.45, 7) is 0.358. The molecule has 3 aromatic rings. The third-order valence-electron chi connectivity index (χ3n) is 8.96. The van der Waals surface area contributed by atoms with Gasteiger partial charge in [-0.2, -0.15) is 0 Å². The van der Waals surface area contributed by atoms with Crippen molar-refractivity contribution in [1.82, 2.24) is 15.1 Å². The lowest BCUT2D eigenvalue weighted by Crippen LogP contribution is -2.53. The minimum atomic E-state index is -0.764. The SMILES string of the molecule is O=C(N[C@@H](CC1CCCCC1)C(=O)N1CCC2C1C(=O)CN2C(=O)c1ccccc1)c1cccc(Oc2ccccc2)c1. The Morgan fingerprint density at radius 2 is 1.47 bits per heavy atom. The molecule has 2 saturated heterocycles. The summed E-state index contributed by atoms with van der Waals surface area (Å²) in [6.07, 6.45) is 6.51. The van der Waals surface area contributed by atoms with Crippen LogP contribution in [0.25, 0.3) is 0 Å². The summed E-state index contributed by atoms with van der Waals surface area (Å²) >= 11 is 0. The molecule has 1 N–H and O–H groups in total. The third-order valence-corrected chi connectivity index (χ3v) is 8.96. The van der Waals surface area contributed by atoms with E-state index in [-0.39, 0.29) is 36.1 Å². The smallest absolute Gasteiger partial charge is 0.254 e. The molecule has 3 fully saturated rings. The number of nitrogens with one attached hydrogen (secondary N) is 1. The van der Waals surface area contributed by atoms with Gasteiger partial charge in [0, 0.05) is 17.7 Å². The molecule has 222 valence electrons. The first kappa shape index (κ1) is 28.6. The zero-order chi connectivity index (χ0) is 29.8. The number of benzene rings is 3. The number of nitrogens with zero attached hydrogens (tertiary/aromatic N) is 2. The summed E-state index contributed by atoms with van der Waals surface area (Å²) < 4.78 is 5.92. The molecule has 3 amide bonds. The highest BCUT2D eigenvalue weighted by Gasteiger charge is 2.52. The van der Waals surface area contributed by atoms with Crippen LogP contribution < -0.4 is 10.1 Å². The Bertz CT molecular complexity index is 1470. The number of rotatable bonds is 8. The van der Waals surface area contributed by atoms with Crippen LogP contribution in [0, 0.1) is 5.92 Å². The van der Waals surface area contributed by atoms with E-state index in [9.17, 15) is 19.2 Å². The summed E-state index contributed by atoms with van der Waals surface area (Å²) in [4.78, 5) is 57.5. The van der Waals surface area contributed by atoms with E-state index in [4.69, 9.17) is 4.74 Å². The predicted octanol–water partition coefficient (Wildman–Crippen LogP) is 5.24. The van der Waals surface area contributed by atoms with Gasteiger partial charge in [0.25, 0.3) is 11.8 Å². The number of ketones is 1. The lowest BCUT2D eigenvalue weighted by atomic mass is 9.84. The summed E-state index contributed by atoms with van der Waals surface area (Å²) in [7, 11) is 0. The molecule has 3 aliphatic rings. The summed E-state index contributed by atoms with van der Waals surface area (Å²) in [5, 5.41) is 3.03. The Morgan fingerprint density at radius 3 is 2.21 bits per heavy atom. The Morgan fingerprint density at radius 1 is 0.791 bits per heavy atom. The second kappa shape index (κ2) is 12.8. The third kappa shape index (κ3) is 6.33. The molecular weight excluding hydrogens is 542 g/mol. The number of likely N-dealkylation sites (tertiary alicyclic amines) is 2. The van der Waals surface area contributed by atoms with Gasteiger partial charge < -0.3 is 19.9 Å². The lowest BCUT2D eigenvalue weighted by molar-refractivity contribution is -0.138. The van der Waals surface area contributed by atoms with Crippen LogP contribution >= 0.6 is 0 Å². The maximum atomic E-state index is 14.2. The van der Waals surface area contributed by atoms with Gasteiger partial charge in [0.15, 0.2) is 5.78 Å². The molecule has 8 nitrogen and oxygen atoms in total. The van der Waals surface area contributed by atoms with Gasteiger partial charge in [-0.1, -0.05) is 74.6 Å². The van der Waals surface area contributed by atoms with Crippen LogP contribution in [0.15, 0.2) is 84.9 Å². The highest BCUT2D eigenvalue weighted by atomic mass is 16.5. The van der Waals surface area contributed by atoms with E-state index in [2.05, 4.69) is 5.32 Å². The molecule has 0 radical (unpaired) electrons. The number of hydrogen-bond donors (Lipinski definition) is 1. The Labute approximate surface area is 252 Å². The molecule has 1 saturated carbocycles. The van der Waals surface area contributed by atoms with Gasteiger partial charge in [0.2, 0.25) is 5.91 Å². The Kier molecular flexibility index (Phi) is 8.54. The van der Waals surface area contributed by atoms with Gasteiger partial charge >= 0.3 is 0 Å². The average Bonchev–Trinajstić information content (AvgIpc) is 3.63. The number of fused-ring (bicyclic) bond motifs is 1. The molecule has 0 spiro atoms. The lowest BCUT2D eigenvalue weighted by Gasteiger charge is -2.31. The van der Waals surface area contributed by atoms with E-state index in [1.165, 1.54) is 6.42 Å². The van der Waals surface area contributed by atoms with Crippen molar-refractivity contribution < 1.29 is 23.9 Å². The highest BCUT2D eigenvalue weighted by molar-refractivity contribution is 6.03. The molecule has 6 rings (SSSR count). The van der Waals surface area contributed by atoms with Crippen molar-refractivity contribution in [1.29, 1.82) is 0 Å². The first-order valence-corrected chi connectivity index (χ1v) is 15.3. The first-order chi connectivity index (χ1) is 21.0. The van der Waals surface area contributed by atoms with E-state index < -0.39 is 12.1 Å². The summed E-state index contributed by atoms with van der Waals surface area (Å²) in [5.74, 6) is 0.581. The number of ether oxygens (including phenoxy) is 1. The van der Waals surface area contributed by atoms with Crippen molar-refractivity contribution in [3.05, 3.63) is 96.1 Å². The fraction of sp³-hybridized carbons (Fsp3) is 0.371. The number of para-hydroxylation sites is 1. The van der Waals surface area contributed by atoms with E-state index >= 15 is 0 Å². The predicted molar refractivity (Wildman–Crippen MR) is 162 cm³/mol. The maximum absolute atomic E-state index is 14.2. The largest absolute Gasteiger partial charge is 0.457 e. The van der Waals surface area contributed by atoms with E-state index in [1.807, 2.05) is 36.4 Å². The molecule has 2 unspecified atom stereocenters. The average molecular weight is 580 g/mol. The number of amides is 3. The van der Waals surface area contributed by atoms with Crippen molar-refractivity contribution in [3.8, 4) is 11.5 Å². The summed E-state index contributed by atoms with van der Waals surface area (Å²) in [6, 6.07) is 23.4. The molecular formula is C35H37N3O5. The zero-order valence-corrected chi connectivity index (χ0v) is 24.2. The second-order valence-corrected chi connectivity index (χ2v) is 11.8. The number of Topliss-reactive ketones (excluding diaryl/α,β-unsaturated/α-hetero) is 1. The fourth-order valence-electron chi connectivity index (χ4n) is 6.83. The molecule has 2 heterocycles. The molecule has 2 aliphatic heterocycles. The van der Waals surface area contributed by atoms with Gasteiger partial charge in [0.1, 0.15) is 23.6 Å². The van der Waals surface area contributed by atoms with Crippen molar-refractivity contribution in [3.63, 3.8) is 0 Å². The summed E-state index contributed by atoms with van der Waals surface area (Å²) in [5.41, 5.74) is 0.924. The standard InChI is InChI=1S/C35H37N3O5/c39-31-23-38(34(41)25-13-6-2-7-14-25)30-19-20-37(32(30)31)35(42)29(21-24-11-4-1-5-12-24)36-33(40)26-15-10-18-28(22-26)43-27-16-8-3-9-17-27/h2-3,6-10,13-18,22,24,29-30,32H,1,4-5,11-12,19-21,23H2,(H,36,40)/t29-,30?,32?/m0/s1. The van der Waals surface area contributed by atoms with Gasteiger partial charge in [-0.25, -0.2) is 0 Å². The van der Waals surface area contributed by atoms with Crippen LogP contribution in [0.2, 0.25) is 0 Å². The van der Waals surface area contributed by atoms with Gasteiger partial charge in [-0.05, 0) is 61.2 Å². The van der Waals surface area contributed by atoms with Crippen LogP contribution in [-0.4, -0.2) is 64.5 Å². The zero-order valence-electron chi connectivity index (χ0n) is 24.2. The molecule has 3 aromatic carbocycles. The molecule has 1 aliphatic carbocycles. The van der Waals surface area contributed by atoms with Crippen LogP contribution in [-0.2, 0) is 9.59 Å². The molecule has 0 bridgehead atoms. The van der Waals surface area contributed by atoms with Crippen LogP contribution in [0.4, 0.5) is 0 Å². The van der Waals surface area contributed by atoms with Crippen LogP contribution in [0.1, 0.15) is 65.7 Å². The van der Waals surface area contributed by atoms with E-state index in [0.29, 0.717) is 47.9 Å². The first-order valence-electron chi connectivity index (χ1n) is 15.3. The van der Waals surface area contributed by atoms with Crippen molar-refractivity contribution in [2.24, 2.45) is 5.92 Å². The Hall–Kier alpha value is -4.46. The maximum Gasteiger partial charge on any atom is 0.254 e. The topological polar surface area (TPSA) is 96.0 Å². The van der Waals surface area contributed by atoms with Crippen molar-refractivity contribution >= 4 is 23.5 Å². The number of hydrogen-bond acceptors (Lipinski definition) is 5. The second-order valence-electron chi connectivity index (χ2n) is 11.8. The normalized spacial score (nSPS) is 20.9. The van der Waals surface area contributed by atoms with Gasteiger partial charge in [0.05, 0.1) is 12.6 Å². The number of carbonyl (C=O) groups is 4. The molecule has 0 aromatic heterocycles. The van der Waals surface area contributed by atoms with Gasteiger partial charge in [-0.3, -0.25) is 19.2 Å². The quantitative estimate of drug-likeness (QED) is 0.394.